The fraction of sp³-hybridized carbons (Fsp3) is 0.400. The monoisotopic (exact) mass is 294 g/mol. The SMILES string of the molecule is CCC(NC(C)c1nc(C)cs1)c1ccc(Cl)cc1. The van der Waals surface area contributed by atoms with Gasteiger partial charge in [-0.15, -0.1) is 11.3 Å². The van der Waals surface area contributed by atoms with E-state index in [1.807, 2.05) is 19.1 Å². The van der Waals surface area contributed by atoms with Crippen molar-refractivity contribution < 1.29 is 0 Å². The summed E-state index contributed by atoms with van der Waals surface area (Å²) < 4.78 is 0. The molecule has 2 nitrogen and oxygen atoms in total. The summed E-state index contributed by atoms with van der Waals surface area (Å²) in [7, 11) is 0. The van der Waals surface area contributed by atoms with Crippen LogP contribution < -0.4 is 5.32 Å². The zero-order valence-corrected chi connectivity index (χ0v) is 13.1. The van der Waals surface area contributed by atoms with E-state index in [2.05, 4.69) is 41.7 Å². The van der Waals surface area contributed by atoms with Crippen LogP contribution in [-0.4, -0.2) is 4.98 Å². The minimum atomic E-state index is 0.263. The van der Waals surface area contributed by atoms with Gasteiger partial charge in [0, 0.05) is 22.1 Å². The first-order valence-corrected chi connectivity index (χ1v) is 7.79. The molecule has 0 radical (unpaired) electrons. The summed E-state index contributed by atoms with van der Waals surface area (Å²) in [4.78, 5) is 4.54. The minimum absolute atomic E-state index is 0.263. The van der Waals surface area contributed by atoms with Crippen LogP contribution in [0.5, 0.6) is 0 Å². The van der Waals surface area contributed by atoms with E-state index in [-0.39, 0.29) is 6.04 Å². The largest absolute Gasteiger partial charge is 0.301 e. The zero-order valence-electron chi connectivity index (χ0n) is 11.5. The third kappa shape index (κ3) is 3.78. The van der Waals surface area contributed by atoms with E-state index < -0.39 is 0 Å². The molecule has 1 aromatic heterocycles. The number of aromatic nitrogens is 1. The van der Waals surface area contributed by atoms with Crippen molar-refractivity contribution in [1.29, 1.82) is 0 Å². The van der Waals surface area contributed by atoms with Crippen molar-refractivity contribution in [2.24, 2.45) is 0 Å². The van der Waals surface area contributed by atoms with Gasteiger partial charge in [-0.1, -0.05) is 30.7 Å². The number of hydrogen-bond acceptors (Lipinski definition) is 3. The van der Waals surface area contributed by atoms with Gasteiger partial charge in [0.05, 0.1) is 6.04 Å². The van der Waals surface area contributed by atoms with Crippen LogP contribution in [0.25, 0.3) is 0 Å². The summed E-state index contributed by atoms with van der Waals surface area (Å²) in [5.74, 6) is 0. The van der Waals surface area contributed by atoms with Crippen LogP contribution in [0.2, 0.25) is 5.02 Å². The molecule has 0 bridgehead atoms. The first kappa shape index (κ1) is 14.5. The maximum absolute atomic E-state index is 5.94. The second kappa shape index (κ2) is 6.51. The van der Waals surface area contributed by atoms with Gasteiger partial charge in [0.2, 0.25) is 0 Å². The van der Waals surface area contributed by atoms with Crippen LogP contribution in [0.1, 0.15) is 48.6 Å². The normalized spacial score (nSPS) is 14.3. The predicted octanol–water partition coefficient (Wildman–Crippen LogP) is 4.91. The fourth-order valence-electron chi connectivity index (χ4n) is 2.09. The van der Waals surface area contributed by atoms with Gasteiger partial charge < -0.3 is 5.32 Å². The molecular formula is C15H19ClN2S. The smallest absolute Gasteiger partial charge is 0.110 e. The third-order valence-electron chi connectivity index (χ3n) is 3.14. The lowest BCUT2D eigenvalue weighted by Crippen LogP contribution is -2.24. The van der Waals surface area contributed by atoms with Gasteiger partial charge in [0.15, 0.2) is 0 Å². The van der Waals surface area contributed by atoms with Crippen molar-refractivity contribution in [3.8, 4) is 0 Å². The Morgan fingerprint density at radius 3 is 2.53 bits per heavy atom. The maximum atomic E-state index is 5.94. The van der Waals surface area contributed by atoms with E-state index in [1.165, 1.54) is 5.56 Å². The summed E-state index contributed by atoms with van der Waals surface area (Å²) >= 11 is 7.65. The highest BCUT2D eigenvalue weighted by Gasteiger charge is 2.15. The molecule has 2 rings (SSSR count). The summed E-state index contributed by atoms with van der Waals surface area (Å²) in [5.41, 5.74) is 2.36. The fourth-order valence-corrected chi connectivity index (χ4v) is 3.03. The summed E-state index contributed by atoms with van der Waals surface area (Å²) in [6.45, 7) is 6.38. The van der Waals surface area contributed by atoms with E-state index in [9.17, 15) is 0 Å². The molecule has 0 amide bonds. The van der Waals surface area contributed by atoms with E-state index >= 15 is 0 Å². The number of halogens is 1. The molecule has 19 heavy (non-hydrogen) atoms. The quantitative estimate of drug-likeness (QED) is 0.848. The highest BCUT2D eigenvalue weighted by molar-refractivity contribution is 7.09. The van der Waals surface area contributed by atoms with E-state index in [1.54, 1.807) is 11.3 Å². The molecule has 0 aliphatic heterocycles. The van der Waals surface area contributed by atoms with Crippen molar-refractivity contribution in [2.75, 3.05) is 0 Å². The molecule has 1 heterocycles. The predicted molar refractivity (Wildman–Crippen MR) is 82.9 cm³/mol. The lowest BCUT2D eigenvalue weighted by Gasteiger charge is -2.21. The molecule has 2 unspecified atom stereocenters. The van der Waals surface area contributed by atoms with E-state index in [0.29, 0.717) is 6.04 Å². The third-order valence-corrected chi connectivity index (χ3v) is 4.54. The van der Waals surface area contributed by atoms with Crippen molar-refractivity contribution in [3.63, 3.8) is 0 Å². The van der Waals surface area contributed by atoms with Gasteiger partial charge in [-0.25, -0.2) is 4.98 Å². The highest BCUT2D eigenvalue weighted by Crippen LogP contribution is 2.24. The van der Waals surface area contributed by atoms with Gasteiger partial charge in [0.25, 0.3) is 0 Å². The Morgan fingerprint density at radius 2 is 2.00 bits per heavy atom. The van der Waals surface area contributed by atoms with Crippen LogP contribution in [0.4, 0.5) is 0 Å². The van der Waals surface area contributed by atoms with Gasteiger partial charge in [-0.3, -0.25) is 0 Å². The molecule has 0 saturated heterocycles. The second-order valence-electron chi connectivity index (χ2n) is 4.73. The molecule has 2 atom stereocenters. The van der Waals surface area contributed by atoms with Gasteiger partial charge in [-0.05, 0) is 38.0 Å². The molecule has 4 heteroatoms. The molecule has 2 aromatic rings. The summed E-state index contributed by atoms with van der Waals surface area (Å²) in [6, 6.07) is 8.65. The van der Waals surface area contributed by atoms with E-state index in [4.69, 9.17) is 11.6 Å². The Morgan fingerprint density at radius 1 is 1.32 bits per heavy atom. The molecule has 102 valence electrons. The Hall–Kier alpha value is -0.900. The molecule has 0 aliphatic carbocycles. The number of rotatable bonds is 5. The first-order chi connectivity index (χ1) is 9.10. The average Bonchev–Trinajstić information content (AvgIpc) is 2.84. The average molecular weight is 295 g/mol. The second-order valence-corrected chi connectivity index (χ2v) is 6.05. The molecule has 1 aromatic carbocycles. The molecule has 0 spiro atoms. The summed E-state index contributed by atoms with van der Waals surface area (Å²) in [6.07, 6.45) is 1.04. The van der Waals surface area contributed by atoms with Crippen LogP contribution >= 0.6 is 22.9 Å². The Bertz CT molecular complexity index is 521. The first-order valence-electron chi connectivity index (χ1n) is 6.53. The van der Waals surface area contributed by atoms with Crippen molar-refractivity contribution in [1.82, 2.24) is 10.3 Å². The number of thiazole rings is 1. The van der Waals surface area contributed by atoms with Gasteiger partial charge >= 0.3 is 0 Å². The van der Waals surface area contributed by atoms with Gasteiger partial charge in [-0.2, -0.15) is 0 Å². The molecule has 0 aliphatic rings. The highest BCUT2D eigenvalue weighted by atomic mass is 35.5. The maximum Gasteiger partial charge on any atom is 0.110 e. The number of nitrogens with one attached hydrogen (secondary N) is 1. The standard InChI is InChI=1S/C15H19ClN2S/c1-4-14(12-5-7-13(16)8-6-12)18-11(3)15-17-10(2)9-19-15/h5-9,11,14,18H,4H2,1-3H3. The van der Waals surface area contributed by atoms with Crippen LogP contribution in [0.3, 0.4) is 0 Å². The van der Waals surface area contributed by atoms with Crippen LogP contribution in [-0.2, 0) is 0 Å². The lowest BCUT2D eigenvalue weighted by atomic mass is 10.0. The molecule has 1 N–H and O–H groups in total. The van der Waals surface area contributed by atoms with Crippen molar-refractivity contribution >= 4 is 22.9 Å². The number of hydrogen-bond donors (Lipinski definition) is 1. The lowest BCUT2D eigenvalue weighted by molar-refractivity contribution is 0.455. The Kier molecular flexibility index (Phi) is 4.97. The molecule has 0 fully saturated rings. The Labute approximate surface area is 123 Å². The minimum Gasteiger partial charge on any atom is -0.301 e. The van der Waals surface area contributed by atoms with Gasteiger partial charge in [0.1, 0.15) is 5.01 Å². The summed E-state index contributed by atoms with van der Waals surface area (Å²) in [5, 5.41) is 7.65. The van der Waals surface area contributed by atoms with Crippen LogP contribution in [0.15, 0.2) is 29.6 Å². The van der Waals surface area contributed by atoms with Crippen molar-refractivity contribution in [2.45, 2.75) is 39.3 Å². The number of benzene rings is 1. The molecule has 0 saturated carbocycles. The topological polar surface area (TPSA) is 24.9 Å². The number of aryl methyl sites for hydroxylation is 1. The number of nitrogens with zero attached hydrogens (tertiary/aromatic N) is 1. The molecular weight excluding hydrogens is 276 g/mol. The zero-order chi connectivity index (χ0) is 13.8. The van der Waals surface area contributed by atoms with Crippen LogP contribution in [0, 0.1) is 6.92 Å². The van der Waals surface area contributed by atoms with E-state index in [0.717, 1.165) is 22.1 Å². The van der Waals surface area contributed by atoms with Crippen molar-refractivity contribution in [3.05, 3.63) is 50.9 Å². The Balaban J connectivity index is 2.08.